The fourth-order valence-electron chi connectivity index (χ4n) is 1.63. The molecule has 0 saturated heterocycles. The van der Waals surface area contributed by atoms with E-state index < -0.39 is 0 Å². The fourth-order valence-corrected chi connectivity index (χ4v) is 1.63. The number of nitrogens with two attached hydrogens (primary N) is 1. The van der Waals surface area contributed by atoms with Crippen LogP contribution in [0.3, 0.4) is 0 Å². The molecule has 0 saturated carbocycles. The van der Waals surface area contributed by atoms with E-state index in [2.05, 4.69) is 37.5 Å². The molecule has 5 heteroatoms. The topological polar surface area (TPSA) is 74.2 Å². The normalized spacial score (nSPS) is 15.6. The standard InChI is InChI=1S/C12H21N3O2/c1-6-7-8(13)11-14-10(15-17-11)9(16-5)12(2,3)4/h6,8-9H,1,7,13H2,2-5H3. The number of aromatic nitrogens is 2. The number of rotatable bonds is 5. The number of ether oxygens (including phenoxy) is 1. The number of methoxy groups -OCH3 is 1. The largest absolute Gasteiger partial charge is 0.373 e. The van der Waals surface area contributed by atoms with Gasteiger partial charge < -0.3 is 15.0 Å². The third kappa shape index (κ3) is 3.38. The van der Waals surface area contributed by atoms with Crippen LogP contribution in [0.15, 0.2) is 17.2 Å². The highest BCUT2D eigenvalue weighted by atomic mass is 16.5. The van der Waals surface area contributed by atoms with Crippen molar-refractivity contribution in [1.29, 1.82) is 0 Å². The van der Waals surface area contributed by atoms with Gasteiger partial charge in [-0.3, -0.25) is 0 Å². The monoisotopic (exact) mass is 239 g/mol. The van der Waals surface area contributed by atoms with Gasteiger partial charge in [0, 0.05) is 7.11 Å². The summed E-state index contributed by atoms with van der Waals surface area (Å²) in [6.45, 7) is 9.80. The smallest absolute Gasteiger partial charge is 0.243 e. The van der Waals surface area contributed by atoms with Crippen LogP contribution in [0.2, 0.25) is 0 Å². The van der Waals surface area contributed by atoms with E-state index in [0.29, 0.717) is 18.1 Å². The molecule has 0 aliphatic carbocycles. The van der Waals surface area contributed by atoms with Crippen molar-refractivity contribution in [3.8, 4) is 0 Å². The molecule has 0 aromatic carbocycles. The summed E-state index contributed by atoms with van der Waals surface area (Å²) in [7, 11) is 1.63. The van der Waals surface area contributed by atoms with E-state index in [1.54, 1.807) is 13.2 Å². The Bertz CT molecular complexity index is 368. The Morgan fingerprint density at radius 2 is 2.18 bits per heavy atom. The molecule has 1 heterocycles. The summed E-state index contributed by atoms with van der Waals surface area (Å²) in [5.41, 5.74) is 5.76. The van der Waals surface area contributed by atoms with Gasteiger partial charge in [0.15, 0.2) is 0 Å². The molecule has 5 nitrogen and oxygen atoms in total. The van der Waals surface area contributed by atoms with Crippen LogP contribution in [0, 0.1) is 5.41 Å². The lowest BCUT2D eigenvalue weighted by molar-refractivity contribution is 0.00718. The van der Waals surface area contributed by atoms with Crippen molar-refractivity contribution in [3.05, 3.63) is 24.4 Å². The molecule has 2 unspecified atom stereocenters. The lowest BCUT2D eigenvalue weighted by atomic mass is 9.88. The van der Waals surface area contributed by atoms with Gasteiger partial charge in [-0.1, -0.05) is 32.0 Å². The lowest BCUT2D eigenvalue weighted by Gasteiger charge is -2.26. The van der Waals surface area contributed by atoms with Crippen molar-refractivity contribution >= 4 is 0 Å². The molecule has 0 aliphatic heterocycles. The highest BCUT2D eigenvalue weighted by Gasteiger charge is 2.31. The highest BCUT2D eigenvalue weighted by molar-refractivity contribution is 4.99. The molecule has 2 atom stereocenters. The summed E-state index contributed by atoms with van der Waals surface area (Å²) in [4.78, 5) is 4.29. The van der Waals surface area contributed by atoms with Gasteiger partial charge in [-0.25, -0.2) is 0 Å². The van der Waals surface area contributed by atoms with E-state index in [-0.39, 0.29) is 17.6 Å². The van der Waals surface area contributed by atoms with Crippen LogP contribution in [0.4, 0.5) is 0 Å². The van der Waals surface area contributed by atoms with E-state index in [9.17, 15) is 0 Å². The van der Waals surface area contributed by atoms with Gasteiger partial charge in [0.05, 0.1) is 6.04 Å². The van der Waals surface area contributed by atoms with E-state index >= 15 is 0 Å². The zero-order valence-electron chi connectivity index (χ0n) is 10.9. The van der Waals surface area contributed by atoms with Gasteiger partial charge in [-0.15, -0.1) is 6.58 Å². The van der Waals surface area contributed by atoms with Crippen LogP contribution in [0.25, 0.3) is 0 Å². The summed E-state index contributed by atoms with van der Waals surface area (Å²) in [5, 5.41) is 3.93. The minimum absolute atomic E-state index is 0.0988. The summed E-state index contributed by atoms with van der Waals surface area (Å²) in [6, 6.07) is -0.300. The molecule has 1 aromatic heterocycles. The van der Waals surface area contributed by atoms with Crippen LogP contribution >= 0.6 is 0 Å². The first kappa shape index (κ1) is 13.9. The average Bonchev–Trinajstić information content (AvgIpc) is 2.66. The fraction of sp³-hybridized carbons (Fsp3) is 0.667. The second kappa shape index (κ2) is 5.42. The van der Waals surface area contributed by atoms with Crippen molar-refractivity contribution in [1.82, 2.24) is 10.1 Å². The summed E-state index contributed by atoms with van der Waals surface area (Å²) >= 11 is 0. The van der Waals surface area contributed by atoms with Gasteiger partial charge >= 0.3 is 0 Å². The predicted octanol–water partition coefficient (Wildman–Crippen LogP) is 2.38. The number of hydrogen-bond acceptors (Lipinski definition) is 5. The summed E-state index contributed by atoms with van der Waals surface area (Å²) < 4.78 is 10.6. The molecule has 96 valence electrons. The minimum Gasteiger partial charge on any atom is -0.373 e. The molecule has 0 radical (unpaired) electrons. The molecular formula is C12H21N3O2. The Kier molecular flexibility index (Phi) is 4.42. The number of hydrogen-bond donors (Lipinski definition) is 1. The van der Waals surface area contributed by atoms with Gasteiger partial charge in [-0.2, -0.15) is 4.98 Å². The molecule has 2 N–H and O–H groups in total. The van der Waals surface area contributed by atoms with Crippen LogP contribution in [-0.2, 0) is 4.74 Å². The predicted molar refractivity (Wildman–Crippen MR) is 65.2 cm³/mol. The Morgan fingerprint density at radius 1 is 1.53 bits per heavy atom. The van der Waals surface area contributed by atoms with E-state index in [1.807, 2.05) is 0 Å². The van der Waals surface area contributed by atoms with Crippen LogP contribution in [0.5, 0.6) is 0 Å². The molecule has 0 aliphatic rings. The first-order chi connectivity index (χ1) is 7.90. The van der Waals surface area contributed by atoms with E-state index in [4.69, 9.17) is 15.0 Å². The van der Waals surface area contributed by atoms with Crippen molar-refractivity contribution < 1.29 is 9.26 Å². The minimum atomic E-state index is -0.300. The Labute approximate surface area is 102 Å². The molecule has 0 amide bonds. The van der Waals surface area contributed by atoms with Crippen LogP contribution in [-0.4, -0.2) is 17.3 Å². The third-order valence-electron chi connectivity index (χ3n) is 2.45. The summed E-state index contributed by atoms with van der Waals surface area (Å²) in [5.74, 6) is 0.959. The zero-order valence-corrected chi connectivity index (χ0v) is 10.9. The highest BCUT2D eigenvalue weighted by Crippen LogP contribution is 2.34. The molecule has 1 rings (SSSR count). The summed E-state index contributed by atoms with van der Waals surface area (Å²) in [6.07, 6.45) is 2.12. The second-order valence-corrected chi connectivity index (χ2v) is 5.10. The zero-order chi connectivity index (χ0) is 13.1. The van der Waals surface area contributed by atoms with Crippen molar-refractivity contribution in [2.24, 2.45) is 11.1 Å². The first-order valence-corrected chi connectivity index (χ1v) is 5.63. The van der Waals surface area contributed by atoms with Gasteiger partial charge in [0.25, 0.3) is 0 Å². The lowest BCUT2D eigenvalue weighted by Crippen LogP contribution is -2.21. The Morgan fingerprint density at radius 3 is 2.65 bits per heavy atom. The van der Waals surface area contributed by atoms with E-state index in [1.165, 1.54) is 0 Å². The maximum Gasteiger partial charge on any atom is 0.243 e. The van der Waals surface area contributed by atoms with Crippen molar-refractivity contribution in [3.63, 3.8) is 0 Å². The van der Waals surface area contributed by atoms with Crippen molar-refractivity contribution in [2.75, 3.05) is 7.11 Å². The van der Waals surface area contributed by atoms with Gasteiger partial charge in [0.2, 0.25) is 11.7 Å². The quantitative estimate of drug-likeness (QED) is 0.798. The van der Waals surface area contributed by atoms with Gasteiger partial charge in [0.1, 0.15) is 6.10 Å². The number of nitrogens with zero attached hydrogens (tertiary/aromatic N) is 2. The van der Waals surface area contributed by atoms with Gasteiger partial charge in [-0.05, 0) is 11.8 Å². The van der Waals surface area contributed by atoms with Crippen molar-refractivity contribution in [2.45, 2.75) is 39.3 Å². The van der Waals surface area contributed by atoms with Crippen LogP contribution < -0.4 is 5.73 Å². The molecule has 0 fully saturated rings. The maximum absolute atomic E-state index is 5.86. The van der Waals surface area contributed by atoms with E-state index in [0.717, 1.165) is 0 Å². The second-order valence-electron chi connectivity index (χ2n) is 5.10. The molecular weight excluding hydrogens is 218 g/mol. The average molecular weight is 239 g/mol. The van der Waals surface area contributed by atoms with Crippen LogP contribution in [0.1, 0.15) is 51.1 Å². The Hall–Kier alpha value is -1.20. The third-order valence-corrected chi connectivity index (χ3v) is 2.45. The maximum atomic E-state index is 5.86. The molecule has 0 spiro atoms. The molecule has 17 heavy (non-hydrogen) atoms. The SMILES string of the molecule is C=CCC(N)c1nc(C(OC)C(C)(C)C)no1. The molecule has 0 bridgehead atoms. The first-order valence-electron chi connectivity index (χ1n) is 5.63. The Balaban J connectivity index is 2.89. The molecule has 1 aromatic rings.